The molecule has 2 heterocycles. The van der Waals surface area contributed by atoms with E-state index in [1.165, 1.54) is 12.8 Å². The molecule has 1 aliphatic carbocycles. The third-order valence-corrected chi connectivity index (χ3v) is 5.06. The Labute approximate surface area is 147 Å². The molecule has 7 heteroatoms. The van der Waals surface area contributed by atoms with Crippen LogP contribution in [-0.4, -0.2) is 46.1 Å². The van der Waals surface area contributed by atoms with Crippen LogP contribution in [0.15, 0.2) is 18.3 Å². The van der Waals surface area contributed by atoms with E-state index in [1.54, 1.807) is 23.2 Å². The molecular formula is C18H26N4O3. The zero-order valence-electron chi connectivity index (χ0n) is 14.4. The van der Waals surface area contributed by atoms with Crippen LogP contribution in [0.3, 0.4) is 0 Å². The molecule has 0 unspecified atom stereocenters. The highest BCUT2D eigenvalue weighted by Gasteiger charge is 2.29. The first-order valence-corrected chi connectivity index (χ1v) is 9.09. The van der Waals surface area contributed by atoms with Gasteiger partial charge < -0.3 is 20.6 Å². The van der Waals surface area contributed by atoms with Crippen LogP contribution >= 0.6 is 0 Å². The van der Waals surface area contributed by atoms with Gasteiger partial charge in [0, 0.05) is 25.3 Å². The van der Waals surface area contributed by atoms with Crippen molar-refractivity contribution in [1.29, 1.82) is 0 Å². The van der Waals surface area contributed by atoms with Crippen molar-refractivity contribution >= 4 is 11.9 Å². The maximum Gasteiger partial charge on any atom is 0.317 e. The van der Waals surface area contributed by atoms with Gasteiger partial charge in [0.15, 0.2) is 0 Å². The fourth-order valence-electron chi connectivity index (χ4n) is 3.59. The molecule has 3 amide bonds. The molecule has 1 aliphatic heterocycles. The number of amides is 3. The molecule has 2 aliphatic rings. The van der Waals surface area contributed by atoms with Crippen LogP contribution in [0.25, 0.3) is 0 Å². The molecule has 3 N–H and O–H groups in total. The zero-order chi connectivity index (χ0) is 17.6. The summed E-state index contributed by atoms with van der Waals surface area (Å²) in [5.41, 5.74) is 0.447. The van der Waals surface area contributed by atoms with Crippen LogP contribution in [0, 0.1) is 5.92 Å². The second kappa shape index (κ2) is 8.18. The Hall–Kier alpha value is -2.31. The number of nitrogens with one attached hydrogen (secondary N) is 2. The Balaban J connectivity index is 1.49. The summed E-state index contributed by atoms with van der Waals surface area (Å²) < 4.78 is 0. The maximum atomic E-state index is 12.4. The van der Waals surface area contributed by atoms with Gasteiger partial charge in [0.2, 0.25) is 5.91 Å². The molecule has 0 radical (unpaired) electrons. The molecule has 3 rings (SSSR count). The van der Waals surface area contributed by atoms with E-state index in [-0.39, 0.29) is 36.2 Å². The number of pyridine rings is 1. The zero-order valence-corrected chi connectivity index (χ0v) is 14.4. The number of urea groups is 1. The summed E-state index contributed by atoms with van der Waals surface area (Å²) in [6.45, 7) is 1.33. The molecule has 1 atom stereocenters. The molecule has 1 aromatic heterocycles. The average molecular weight is 346 g/mol. The Morgan fingerprint density at radius 3 is 2.80 bits per heavy atom. The molecule has 0 aromatic carbocycles. The molecule has 2 fully saturated rings. The van der Waals surface area contributed by atoms with Crippen molar-refractivity contribution in [1.82, 2.24) is 20.5 Å². The van der Waals surface area contributed by atoms with Crippen LogP contribution < -0.4 is 10.6 Å². The quantitative estimate of drug-likeness (QED) is 0.774. The summed E-state index contributed by atoms with van der Waals surface area (Å²) in [6, 6.07) is 3.42. The Kier molecular flexibility index (Phi) is 5.73. The smallest absolute Gasteiger partial charge is 0.317 e. The van der Waals surface area contributed by atoms with Gasteiger partial charge in [-0.3, -0.25) is 9.78 Å². The second-order valence-electron chi connectivity index (χ2n) is 6.90. The van der Waals surface area contributed by atoms with E-state index in [9.17, 15) is 14.7 Å². The largest absolute Gasteiger partial charge is 0.506 e. The molecule has 1 aromatic rings. The normalized spacial score (nSPS) is 21.1. The average Bonchev–Trinajstić information content (AvgIpc) is 3.14. The predicted molar refractivity (Wildman–Crippen MR) is 92.8 cm³/mol. The standard InChI is InChI=1S/C18H26N4O3/c23-16-8-3-9-19-15(16)11-20-17(24)13-5-4-10-22(12-13)18(25)21-14-6-1-2-7-14/h3,8-9,13-14,23H,1-2,4-7,10-12H2,(H,20,24)(H,21,25)/t13-/m1/s1. The van der Waals surface area contributed by atoms with Gasteiger partial charge in [-0.1, -0.05) is 12.8 Å². The third kappa shape index (κ3) is 4.61. The summed E-state index contributed by atoms with van der Waals surface area (Å²) >= 11 is 0. The van der Waals surface area contributed by atoms with E-state index >= 15 is 0 Å². The number of likely N-dealkylation sites (tertiary alicyclic amines) is 1. The van der Waals surface area contributed by atoms with Crippen molar-refractivity contribution < 1.29 is 14.7 Å². The van der Waals surface area contributed by atoms with Crippen molar-refractivity contribution in [3.05, 3.63) is 24.0 Å². The van der Waals surface area contributed by atoms with Crippen molar-refractivity contribution in [2.45, 2.75) is 51.1 Å². The minimum atomic E-state index is -0.214. The molecule has 7 nitrogen and oxygen atoms in total. The van der Waals surface area contributed by atoms with Gasteiger partial charge in [-0.05, 0) is 37.8 Å². The first-order valence-electron chi connectivity index (χ1n) is 9.09. The molecule has 136 valence electrons. The Morgan fingerprint density at radius 1 is 1.24 bits per heavy atom. The van der Waals surface area contributed by atoms with Crippen molar-refractivity contribution in [2.24, 2.45) is 5.92 Å². The fourth-order valence-corrected chi connectivity index (χ4v) is 3.59. The van der Waals surface area contributed by atoms with Crippen molar-refractivity contribution in [3.8, 4) is 5.75 Å². The highest BCUT2D eigenvalue weighted by molar-refractivity contribution is 5.81. The van der Waals surface area contributed by atoms with Gasteiger partial charge in [-0.25, -0.2) is 4.79 Å². The SMILES string of the molecule is O=C(NCc1ncccc1O)[C@@H]1CCCN(C(=O)NC2CCCC2)C1. The number of carbonyl (C=O) groups excluding carboxylic acids is 2. The summed E-state index contributed by atoms with van der Waals surface area (Å²) in [5.74, 6) is -0.235. The van der Waals surface area contributed by atoms with Crippen LogP contribution in [0.5, 0.6) is 5.75 Å². The van der Waals surface area contributed by atoms with Gasteiger partial charge in [0.25, 0.3) is 0 Å². The van der Waals surface area contributed by atoms with E-state index in [0.29, 0.717) is 18.8 Å². The molecule has 0 spiro atoms. The summed E-state index contributed by atoms with van der Waals surface area (Å²) in [7, 11) is 0. The first kappa shape index (κ1) is 17.5. The minimum Gasteiger partial charge on any atom is -0.506 e. The van der Waals surface area contributed by atoms with E-state index in [2.05, 4.69) is 15.6 Å². The molecule has 0 bridgehead atoms. The lowest BCUT2D eigenvalue weighted by atomic mass is 9.97. The first-order chi connectivity index (χ1) is 12.1. The second-order valence-corrected chi connectivity index (χ2v) is 6.90. The van der Waals surface area contributed by atoms with Gasteiger partial charge in [0.1, 0.15) is 11.4 Å². The van der Waals surface area contributed by atoms with E-state index in [4.69, 9.17) is 0 Å². The van der Waals surface area contributed by atoms with E-state index in [0.717, 1.165) is 25.7 Å². The molecule has 25 heavy (non-hydrogen) atoms. The number of piperidine rings is 1. The van der Waals surface area contributed by atoms with Gasteiger partial charge >= 0.3 is 6.03 Å². The summed E-state index contributed by atoms with van der Waals surface area (Å²) in [5, 5.41) is 15.6. The van der Waals surface area contributed by atoms with Gasteiger partial charge in [-0.15, -0.1) is 0 Å². The van der Waals surface area contributed by atoms with Gasteiger partial charge in [0.05, 0.1) is 12.5 Å². The van der Waals surface area contributed by atoms with Gasteiger partial charge in [-0.2, -0.15) is 0 Å². The van der Waals surface area contributed by atoms with Crippen molar-refractivity contribution in [3.63, 3.8) is 0 Å². The lowest BCUT2D eigenvalue weighted by molar-refractivity contribution is -0.126. The number of carbonyl (C=O) groups is 2. The van der Waals surface area contributed by atoms with Crippen LogP contribution in [-0.2, 0) is 11.3 Å². The number of aromatic nitrogens is 1. The lowest BCUT2D eigenvalue weighted by Gasteiger charge is -2.33. The minimum absolute atomic E-state index is 0.0493. The lowest BCUT2D eigenvalue weighted by Crippen LogP contribution is -2.50. The Morgan fingerprint density at radius 2 is 2.04 bits per heavy atom. The fraction of sp³-hybridized carbons (Fsp3) is 0.611. The number of rotatable bonds is 4. The molecule has 1 saturated heterocycles. The topological polar surface area (TPSA) is 94.6 Å². The monoisotopic (exact) mass is 346 g/mol. The highest BCUT2D eigenvalue weighted by atomic mass is 16.3. The number of nitrogens with zero attached hydrogens (tertiary/aromatic N) is 2. The summed E-state index contributed by atoms with van der Waals surface area (Å²) in [6.07, 6.45) is 7.63. The van der Waals surface area contributed by atoms with E-state index < -0.39 is 0 Å². The Bertz CT molecular complexity index is 616. The third-order valence-electron chi connectivity index (χ3n) is 5.06. The number of aromatic hydroxyl groups is 1. The van der Waals surface area contributed by atoms with Crippen LogP contribution in [0.1, 0.15) is 44.2 Å². The van der Waals surface area contributed by atoms with Crippen LogP contribution in [0.4, 0.5) is 4.79 Å². The van der Waals surface area contributed by atoms with E-state index in [1.807, 2.05) is 0 Å². The highest BCUT2D eigenvalue weighted by Crippen LogP contribution is 2.20. The molecular weight excluding hydrogens is 320 g/mol. The predicted octanol–water partition coefficient (Wildman–Crippen LogP) is 1.77. The number of hydrogen-bond donors (Lipinski definition) is 3. The number of hydrogen-bond acceptors (Lipinski definition) is 4. The van der Waals surface area contributed by atoms with Crippen LogP contribution in [0.2, 0.25) is 0 Å². The molecule has 1 saturated carbocycles. The van der Waals surface area contributed by atoms with Crippen molar-refractivity contribution in [2.75, 3.05) is 13.1 Å². The maximum absolute atomic E-state index is 12.4. The summed E-state index contributed by atoms with van der Waals surface area (Å²) in [4.78, 5) is 30.6.